The van der Waals surface area contributed by atoms with Gasteiger partial charge < -0.3 is 14.7 Å². The van der Waals surface area contributed by atoms with Crippen LogP contribution in [-0.4, -0.2) is 23.8 Å². The number of para-hydroxylation sites is 1. The van der Waals surface area contributed by atoms with Crippen LogP contribution < -0.4 is 10.6 Å². The number of nitrogens with one attached hydrogen (secondary N) is 3. The van der Waals surface area contributed by atoms with Gasteiger partial charge in [0.05, 0.1) is 17.4 Å². The summed E-state index contributed by atoms with van der Waals surface area (Å²) in [6.45, 7) is 0.694. The molecule has 6 nitrogen and oxygen atoms in total. The van der Waals surface area contributed by atoms with E-state index in [0.717, 1.165) is 21.9 Å². The molecule has 0 bridgehead atoms. The molecule has 5 rings (SSSR count). The molecule has 4 aromatic rings. The summed E-state index contributed by atoms with van der Waals surface area (Å²) in [5.74, 6) is -0.808. The lowest BCUT2D eigenvalue weighted by molar-refractivity contribution is -0.122. The fraction of sp³-hybridized carbons (Fsp3) is 0.0909. The lowest BCUT2D eigenvalue weighted by Gasteiger charge is -2.04. The highest BCUT2D eigenvalue weighted by molar-refractivity contribution is 6.50. The quantitative estimate of drug-likeness (QED) is 0.481. The second kappa shape index (κ2) is 6.21. The predicted octanol–water partition coefficient (Wildman–Crippen LogP) is 3.20. The van der Waals surface area contributed by atoms with E-state index in [9.17, 15) is 9.59 Å². The Balaban J connectivity index is 1.78. The summed E-state index contributed by atoms with van der Waals surface area (Å²) >= 11 is 0. The minimum atomic E-state index is -0.410. The number of carbonyl (C=O) groups is 2. The second-order valence-corrected chi connectivity index (χ2v) is 6.79. The monoisotopic (exact) mass is 371 g/mol. The van der Waals surface area contributed by atoms with Crippen LogP contribution in [0.5, 0.6) is 0 Å². The van der Waals surface area contributed by atoms with Crippen molar-refractivity contribution in [2.75, 3.05) is 7.05 Å². The molecule has 0 unspecified atom stereocenters. The summed E-state index contributed by atoms with van der Waals surface area (Å²) in [7, 11) is 1.88. The van der Waals surface area contributed by atoms with E-state index in [1.165, 1.54) is 0 Å². The SMILES string of the molecule is CNCc1ccc2occ(C3=C(c4c[nH]c5ccccc45)C(=O)NC3=O)c2c1. The van der Waals surface area contributed by atoms with E-state index >= 15 is 0 Å². The van der Waals surface area contributed by atoms with E-state index in [4.69, 9.17) is 4.42 Å². The molecule has 1 aliphatic heterocycles. The van der Waals surface area contributed by atoms with Crippen molar-refractivity contribution in [1.82, 2.24) is 15.6 Å². The number of aromatic nitrogens is 1. The molecule has 0 atom stereocenters. The van der Waals surface area contributed by atoms with E-state index in [1.807, 2.05) is 49.5 Å². The van der Waals surface area contributed by atoms with Crippen LogP contribution >= 0.6 is 0 Å². The highest BCUT2D eigenvalue weighted by Crippen LogP contribution is 2.38. The average molecular weight is 371 g/mol. The van der Waals surface area contributed by atoms with Crippen LogP contribution in [0.15, 0.2) is 59.3 Å². The Morgan fingerprint density at radius 3 is 2.57 bits per heavy atom. The molecule has 3 N–H and O–H groups in total. The third-order valence-electron chi connectivity index (χ3n) is 5.08. The first-order chi connectivity index (χ1) is 13.7. The molecular weight excluding hydrogens is 354 g/mol. The van der Waals surface area contributed by atoms with Gasteiger partial charge in [-0.05, 0) is 30.8 Å². The van der Waals surface area contributed by atoms with Crippen molar-refractivity contribution in [3.8, 4) is 0 Å². The molecule has 6 heteroatoms. The maximum atomic E-state index is 12.7. The van der Waals surface area contributed by atoms with Gasteiger partial charge >= 0.3 is 0 Å². The number of H-pyrrole nitrogens is 1. The van der Waals surface area contributed by atoms with Crippen LogP contribution in [0, 0.1) is 0 Å². The van der Waals surface area contributed by atoms with Gasteiger partial charge in [-0.1, -0.05) is 24.3 Å². The first kappa shape index (κ1) is 16.5. The Kier molecular flexibility index (Phi) is 3.67. The predicted molar refractivity (Wildman–Crippen MR) is 107 cm³/mol. The topological polar surface area (TPSA) is 87.1 Å². The van der Waals surface area contributed by atoms with E-state index in [2.05, 4.69) is 15.6 Å². The largest absolute Gasteiger partial charge is 0.464 e. The van der Waals surface area contributed by atoms with E-state index in [0.29, 0.717) is 34.4 Å². The minimum Gasteiger partial charge on any atom is -0.464 e. The van der Waals surface area contributed by atoms with Crippen molar-refractivity contribution in [2.24, 2.45) is 0 Å². The van der Waals surface area contributed by atoms with E-state index in [1.54, 1.807) is 12.5 Å². The Morgan fingerprint density at radius 2 is 1.75 bits per heavy atom. The summed E-state index contributed by atoms with van der Waals surface area (Å²) in [6, 6.07) is 13.5. The number of imide groups is 1. The summed E-state index contributed by atoms with van der Waals surface area (Å²) in [5.41, 5.74) is 4.68. The molecule has 2 amide bonds. The lowest BCUT2D eigenvalue weighted by atomic mass is 9.95. The fourth-order valence-corrected chi connectivity index (χ4v) is 3.83. The second-order valence-electron chi connectivity index (χ2n) is 6.79. The van der Waals surface area contributed by atoms with Gasteiger partial charge in [0, 0.05) is 40.2 Å². The smallest absolute Gasteiger partial charge is 0.259 e. The molecule has 0 saturated heterocycles. The van der Waals surface area contributed by atoms with Crippen molar-refractivity contribution < 1.29 is 14.0 Å². The van der Waals surface area contributed by atoms with Crippen molar-refractivity contribution in [3.63, 3.8) is 0 Å². The molecule has 138 valence electrons. The van der Waals surface area contributed by atoms with Gasteiger partial charge in [-0.15, -0.1) is 0 Å². The van der Waals surface area contributed by atoms with Crippen LogP contribution in [0.1, 0.15) is 16.7 Å². The molecule has 0 fully saturated rings. The Bertz CT molecular complexity index is 1290. The number of carbonyl (C=O) groups excluding carboxylic acids is 2. The molecule has 0 spiro atoms. The fourth-order valence-electron chi connectivity index (χ4n) is 3.83. The lowest BCUT2D eigenvalue weighted by Crippen LogP contribution is -2.22. The molecule has 1 aliphatic rings. The molecule has 3 heterocycles. The average Bonchev–Trinajstić information content (AvgIpc) is 3.36. The number of amides is 2. The number of furan rings is 1. The van der Waals surface area contributed by atoms with Crippen molar-refractivity contribution in [2.45, 2.75) is 6.54 Å². The molecule has 0 saturated carbocycles. The molecule has 2 aromatic carbocycles. The van der Waals surface area contributed by atoms with Crippen molar-refractivity contribution in [1.29, 1.82) is 0 Å². The standard InChI is InChI=1S/C22H17N3O3/c1-23-9-12-6-7-18-14(8-12)16(11-28-18)20-19(21(26)25-22(20)27)15-10-24-17-5-3-2-4-13(15)17/h2-8,10-11,23-24H,9H2,1H3,(H,25,26,27). The zero-order valence-electron chi connectivity index (χ0n) is 15.1. The third kappa shape index (κ3) is 2.39. The molecule has 2 aromatic heterocycles. The van der Waals surface area contributed by atoms with Gasteiger partial charge in [0.25, 0.3) is 11.8 Å². The van der Waals surface area contributed by atoms with Crippen LogP contribution in [-0.2, 0) is 16.1 Å². The van der Waals surface area contributed by atoms with Gasteiger partial charge in [0.15, 0.2) is 0 Å². The first-order valence-corrected chi connectivity index (χ1v) is 8.99. The zero-order chi connectivity index (χ0) is 19.3. The van der Waals surface area contributed by atoms with Crippen molar-refractivity contribution >= 4 is 44.8 Å². The number of aromatic amines is 1. The molecule has 0 radical (unpaired) electrons. The molecular formula is C22H17N3O3. The highest BCUT2D eigenvalue weighted by atomic mass is 16.3. The van der Waals surface area contributed by atoms with Crippen LogP contribution in [0.2, 0.25) is 0 Å². The summed E-state index contributed by atoms with van der Waals surface area (Å²) < 4.78 is 5.68. The van der Waals surface area contributed by atoms with Gasteiger partial charge in [0.2, 0.25) is 0 Å². The molecule has 0 aliphatic carbocycles. The number of rotatable bonds is 4. The highest BCUT2D eigenvalue weighted by Gasteiger charge is 2.35. The first-order valence-electron chi connectivity index (χ1n) is 8.99. The minimum absolute atomic E-state index is 0.343. The third-order valence-corrected chi connectivity index (χ3v) is 5.08. The Hall–Kier alpha value is -3.64. The molecule has 28 heavy (non-hydrogen) atoms. The van der Waals surface area contributed by atoms with Crippen LogP contribution in [0.4, 0.5) is 0 Å². The number of fused-ring (bicyclic) bond motifs is 2. The van der Waals surface area contributed by atoms with Crippen molar-refractivity contribution in [3.05, 3.63) is 71.6 Å². The number of hydrogen-bond donors (Lipinski definition) is 3. The number of benzene rings is 2. The van der Waals surface area contributed by atoms with Gasteiger partial charge in [-0.25, -0.2) is 0 Å². The number of hydrogen-bond acceptors (Lipinski definition) is 4. The van der Waals surface area contributed by atoms with Gasteiger partial charge in [0.1, 0.15) is 5.58 Å². The van der Waals surface area contributed by atoms with E-state index < -0.39 is 11.8 Å². The summed E-state index contributed by atoms with van der Waals surface area (Å²) in [5, 5.41) is 7.26. The summed E-state index contributed by atoms with van der Waals surface area (Å²) in [6.07, 6.45) is 3.32. The van der Waals surface area contributed by atoms with Gasteiger partial charge in [-0.3, -0.25) is 14.9 Å². The van der Waals surface area contributed by atoms with Crippen LogP contribution in [0.25, 0.3) is 33.0 Å². The van der Waals surface area contributed by atoms with Crippen LogP contribution in [0.3, 0.4) is 0 Å². The van der Waals surface area contributed by atoms with E-state index in [-0.39, 0.29) is 0 Å². The van der Waals surface area contributed by atoms with Gasteiger partial charge in [-0.2, -0.15) is 0 Å². The maximum absolute atomic E-state index is 12.7. The Morgan fingerprint density at radius 1 is 0.964 bits per heavy atom. The maximum Gasteiger partial charge on any atom is 0.259 e. The zero-order valence-corrected chi connectivity index (χ0v) is 15.1. The summed E-state index contributed by atoms with van der Waals surface area (Å²) in [4.78, 5) is 28.6. The Labute approximate surface area is 160 Å². The normalized spacial score (nSPS) is 14.5.